The summed E-state index contributed by atoms with van der Waals surface area (Å²) in [5.74, 6) is 0.384. The highest BCUT2D eigenvalue weighted by atomic mass is 35.5. The van der Waals surface area contributed by atoms with E-state index in [1.54, 1.807) is 17.0 Å². The van der Waals surface area contributed by atoms with Crippen molar-refractivity contribution in [2.75, 3.05) is 49.5 Å². The summed E-state index contributed by atoms with van der Waals surface area (Å²) in [5, 5.41) is 3.99. The van der Waals surface area contributed by atoms with Crippen LogP contribution in [0, 0.1) is 6.92 Å². The molecule has 1 aromatic heterocycles. The highest BCUT2D eigenvalue weighted by Crippen LogP contribution is 2.25. The third-order valence-corrected chi connectivity index (χ3v) is 5.71. The Morgan fingerprint density at radius 2 is 1.83 bits per heavy atom. The molecule has 3 aromatic rings. The fourth-order valence-electron chi connectivity index (χ4n) is 3.79. The molecule has 1 aliphatic rings. The summed E-state index contributed by atoms with van der Waals surface area (Å²) in [6.45, 7) is 7.54. The van der Waals surface area contributed by atoms with Crippen molar-refractivity contribution < 1.29 is 0 Å². The number of aromatic nitrogens is 2. The molecule has 6 nitrogen and oxygen atoms in total. The van der Waals surface area contributed by atoms with Crippen LogP contribution in [0.25, 0.3) is 5.69 Å². The number of benzene rings is 2. The minimum absolute atomic E-state index is 0.134. The van der Waals surface area contributed by atoms with Gasteiger partial charge in [0.25, 0.3) is 5.56 Å². The van der Waals surface area contributed by atoms with E-state index in [0.717, 1.165) is 43.4 Å². The monoisotopic (exact) mass is 423 g/mol. The van der Waals surface area contributed by atoms with Gasteiger partial charge in [-0.3, -0.25) is 14.3 Å². The molecule has 0 radical (unpaired) electrons. The molecule has 0 spiro atoms. The Hall–Kier alpha value is -2.83. The summed E-state index contributed by atoms with van der Waals surface area (Å²) >= 11 is 6.18. The van der Waals surface area contributed by atoms with Crippen molar-refractivity contribution in [3.63, 3.8) is 0 Å². The van der Waals surface area contributed by atoms with Gasteiger partial charge in [-0.1, -0.05) is 35.9 Å². The number of nitrogens with one attached hydrogen (secondary N) is 1. The Kier molecular flexibility index (Phi) is 6.35. The molecule has 0 aliphatic carbocycles. The maximum atomic E-state index is 12.7. The lowest BCUT2D eigenvalue weighted by Gasteiger charge is -2.36. The lowest BCUT2D eigenvalue weighted by atomic mass is 10.1. The second-order valence-electron chi connectivity index (χ2n) is 7.47. The number of hydrogen-bond acceptors (Lipinski definition) is 5. The molecule has 2 heterocycles. The number of piperazine rings is 1. The van der Waals surface area contributed by atoms with E-state index in [9.17, 15) is 4.79 Å². The summed E-state index contributed by atoms with van der Waals surface area (Å²) in [4.78, 5) is 21.7. The largest absolute Gasteiger partial charge is 0.369 e. The third kappa shape index (κ3) is 4.66. The maximum Gasteiger partial charge on any atom is 0.297 e. The molecule has 0 atom stereocenters. The minimum Gasteiger partial charge on any atom is -0.369 e. The van der Waals surface area contributed by atoms with Crippen LogP contribution in [0.4, 0.5) is 11.5 Å². The number of anilines is 2. The Balaban J connectivity index is 1.31. The van der Waals surface area contributed by atoms with E-state index in [1.807, 2.05) is 42.5 Å². The maximum absolute atomic E-state index is 12.7. The van der Waals surface area contributed by atoms with Crippen LogP contribution in [0.15, 0.2) is 65.7 Å². The molecular formula is C23H26ClN5O. The van der Waals surface area contributed by atoms with Gasteiger partial charge in [0.1, 0.15) is 0 Å². The summed E-state index contributed by atoms with van der Waals surface area (Å²) in [5.41, 5.74) is 3.17. The molecule has 30 heavy (non-hydrogen) atoms. The highest BCUT2D eigenvalue weighted by Gasteiger charge is 2.18. The van der Waals surface area contributed by atoms with E-state index in [0.29, 0.717) is 12.4 Å². The van der Waals surface area contributed by atoms with E-state index in [2.05, 4.69) is 33.1 Å². The average molecular weight is 424 g/mol. The standard InChI is InChI=1S/C23H26ClN5O/c1-18-7-8-19(24)17-21(18)28-15-13-27(14-16-28)11-9-25-22-23(30)29(12-10-26-22)20-5-3-2-4-6-20/h2-8,10,12,17H,9,11,13-16H2,1H3,(H,25,26). The van der Waals surface area contributed by atoms with Crippen molar-refractivity contribution >= 4 is 23.1 Å². The van der Waals surface area contributed by atoms with Crippen LogP contribution in [0.1, 0.15) is 5.56 Å². The molecule has 0 bridgehead atoms. The fraction of sp³-hybridized carbons (Fsp3) is 0.304. The summed E-state index contributed by atoms with van der Waals surface area (Å²) in [7, 11) is 0. The number of aryl methyl sites for hydroxylation is 1. The lowest BCUT2D eigenvalue weighted by molar-refractivity contribution is 0.267. The molecule has 7 heteroatoms. The topological polar surface area (TPSA) is 53.4 Å². The summed E-state index contributed by atoms with van der Waals surface area (Å²) in [6.07, 6.45) is 3.35. The highest BCUT2D eigenvalue weighted by molar-refractivity contribution is 6.30. The van der Waals surface area contributed by atoms with Crippen LogP contribution in [0.5, 0.6) is 0 Å². The average Bonchev–Trinajstić information content (AvgIpc) is 2.78. The predicted molar refractivity (Wildman–Crippen MR) is 123 cm³/mol. The molecule has 1 N–H and O–H groups in total. The van der Waals surface area contributed by atoms with Crippen LogP contribution in [0.2, 0.25) is 5.02 Å². The third-order valence-electron chi connectivity index (χ3n) is 5.48. The number of hydrogen-bond donors (Lipinski definition) is 1. The second-order valence-corrected chi connectivity index (χ2v) is 7.91. The molecule has 1 aliphatic heterocycles. The molecule has 156 valence electrons. The molecule has 1 saturated heterocycles. The van der Waals surface area contributed by atoms with E-state index in [1.165, 1.54) is 11.3 Å². The zero-order valence-corrected chi connectivity index (χ0v) is 17.8. The number of para-hydroxylation sites is 1. The Morgan fingerprint density at radius 1 is 1.07 bits per heavy atom. The van der Waals surface area contributed by atoms with Gasteiger partial charge in [-0.25, -0.2) is 4.98 Å². The van der Waals surface area contributed by atoms with Crippen LogP contribution in [0.3, 0.4) is 0 Å². The SMILES string of the molecule is Cc1ccc(Cl)cc1N1CCN(CCNc2nccn(-c3ccccc3)c2=O)CC1. The summed E-state index contributed by atoms with van der Waals surface area (Å²) < 4.78 is 1.61. The van der Waals surface area contributed by atoms with Crippen LogP contribution >= 0.6 is 11.6 Å². The van der Waals surface area contributed by atoms with Crippen molar-refractivity contribution in [3.8, 4) is 5.69 Å². The summed E-state index contributed by atoms with van der Waals surface area (Å²) in [6, 6.07) is 15.6. The fourth-order valence-corrected chi connectivity index (χ4v) is 3.96. The predicted octanol–water partition coefficient (Wildman–Crippen LogP) is 3.43. The number of halogens is 1. The second kappa shape index (κ2) is 9.32. The van der Waals surface area contributed by atoms with E-state index < -0.39 is 0 Å². The molecule has 2 aromatic carbocycles. The van der Waals surface area contributed by atoms with Gasteiger partial charge in [0, 0.05) is 68.1 Å². The van der Waals surface area contributed by atoms with E-state index in [4.69, 9.17) is 11.6 Å². The minimum atomic E-state index is -0.134. The quantitative estimate of drug-likeness (QED) is 0.658. The van der Waals surface area contributed by atoms with Gasteiger partial charge in [0.05, 0.1) is 0 Å². The normalized spacial score (nSPS) is 14.7. The van der Waals surface area contributed by atoms with Crippen LogP contribution in [-0.2, 0) is 0 Å². The zero-order valence-electron chi connectivity index (χ0n) is 17.1. The van der Waals surface area contributed by atoms with Crippen molar-refractivity contribution in [3.05, 3.63) is 81.9 Å². The van der Waals surface area contributed by atoms with Crippen LogP contribution in [-0.4, -0.2) is 53.7 Å². The van der Waals surface area contributed by atoms with Crippen molar-refractivity contribution in [1.29, 1.82) is 0 Å². The lowest BCUT2D eigenvalue weighted by Crippen LogP contribution is -2.48. The van der Waals surface area contributed by atoms with Crippen molar-refractivity contribution in [1.82, 2.24) is 14.5 Å². The Labute approximate surface area is 181 Å². The van der Waals surface area contributed by atoms with Gasteiger partial charge in [0.15, 0.2) is 5.82 Å². The Morgan fingerprint density at radius 3 is 2.60 bits per heavy atom. The number of nitrogens with zero attached hydrogens (tertiary/aromatic N) is 4. The van der Waals surface area contributed by atoms with Crippen LogP contribution < -0.4 is 15.8 Å². The van der Waals surface area contributed by atoms with Gasteiger partial charge in [-0.2, -0.15) is 0 Å². The molecule has 0 saturated carbocycles. The molecule has 1 fully saturated rings. The first-order valence-corrected chi connectivity index (χ1v) is 10.6. The van der Waals surface area contributed by atoms with Gasteiger partial charge >= 0.3 is 0 Å². The van der Waals surface area contributed by atoms with Gasteiger partial charge in [-0.05, 0) is 36.8 Å². The molecule has 4 rings (SSSR count). The zero-order chi connectivity index (χ0) is 20.9. The van der Waals surface area contributed by atoms with E-state index in [-0.39, 0.29) is 5.56 Å². The van der Waals surface area contributed by atoms with E-state index >= 15 is 0 Å². The molecule has 0 unspecified atom stereocenters. The van der Waals surface area contributed by atoms with Crippen molar-refractivity contribution in [2.45, 2.75) is 6.92 Å². The molecular weight excluding hydrogens is 398 g/mol. The first-order chi connectivity index (χ1) is 14.6. The van der Waals surface area contributed by atoms with Gasteiger partial charge < -0.3 is 10.2 Å². The van der Waals surface area contributed by atoms with Gasteiger partial charge in [-0.15, -0.1) is 0 Å². The molecule has 0 amide bonds. The van der Waals surface area contributed by atoms with Gasteiger partial charge in [0.2, 0.25) is 0 Å². The van der Waals surface area contributed by atoms with Crippen molar-refractivity contribution in [2.24, 2.45) is 0 Å². The Bertz CT molecular complexity index is 1040. The smallest absolute Gasteiger partial charge is 0.297 e. The first-order valence-electron chi connectivity index (χ1n) is 10.2. The first kappa shape index (κ1) is 20.4. The number of rotatable bonds is 6.